The van der Waals surface area contributed by atoms with Crippen molar-refractivity contribution in [2.75, 3.05) is 18.9 Å². The molecule has 1 aromatic rings. The molecule has 0 saturated heterocycles. The Hall–Kier alpha value is -2.10. The fourth-order valence-corrected chi connectivity index (χ4v) is 1.75. The second kappa shape index (κ2) is 6.73. The number of carbonyl (C=O) groups is 2. The molecule has 2 amide bonds. The topological polar surface area (TPSA) is 49.4 Å². The summed E-state index contributed by atoms with van der Waals surface area (Å²) in [5.74, 6) is -0.378. The number of allylic oxidation sites excluding steroid dienone is 1. The summed E-state index contributed by atoms with van der Waals surface area (Å²) in [6, 6.07) is 5.83. The van der Waals surface area contributed by atoms with Crippen LogP contribution in [0.5, 0.6) is 0 Å². The number of benzene rings is 1. The first-order valence-electron chi connectivity index (χ1n) is 6.19. The molecule has 4 heteroatoms. The molecule has 0 aliphatic carbocycles. The van der Waals surface area contributed by atoms with Gasteiger partial charge in [-0.3, -0.25) is 9.59 Å². The summed E-state index contributed by atoms with van der Waals surface area (Å²) in [5.41, 5.74) is 2.84. The summed E-state index contributed by atoms with van der Waals surface area (Å²) in [5, 5.41) is 2.85. The molecule has 0 aromatic heterocycles. The summed E-state index contributed by atoms with van der Waals surface area (Å²) in [4.78, 5) is 24.8. The predicted octanol–water partition coefficient (Wildman–Crippen LogP) is 2.28. The number of nitrogens with one attached hydrogen (secondary N) is 1. The Kier molecular flexibility index (Phi) is 5.30. The third-order valence-corrected chi connectivity index (χ3v) is 2.81. The molecule has 1 aromatic carbocycles. The fraction of sp³-hybridized carbons (Fsp3) is 0.333. The maximum absolute atomic E-state index is 11.9. The smallest absolute Gasteiger partial charge is 0.246 e. The largest absolute Gasteiger partial charge is 0.333 e. The Morgan fingerprint density at radius 3 is 2.37 bits per heavy atom. The molecule has 0 atom stereocenters. The number of anilines is 1. The number of hydrogen-bond acceptors (Lipinski definition) is 2. The Morgan fingerprint density at radius 2 is 1.84 bits per heavy atom. The molecule has 1 rings (SSSR count). The van der Waals surface area contributed by atoms with Crippen LogP contribution in [0.3, 0.4) is 0 Å². The van der Waals surface area contributed by atoms with Crippen LogP contribution in [0.4, 0.5) is 5.69 Å². The SMILES string of the molecule is C/C=C/C(=O)N(C)CC(=O)Nc1c(C)cccc1C. The molecular formula is C15H20N2O2. The Bertz CT molecular complexity index is 487. The zero-order chi connectivity index (χ0) is 14.4. The van der Waals surface area contributed by atoms with Gasteiger partial charge in [0.05, 0.1) is 6.54 Å². The fourth-order valence-electron chi connectivity index (χ4n) is 1.75. The summed E-state index contributed by atoms with van der Waals surface area (Å²) in [6.07, 6.45) is 3.09. The van der Waals surface area contributed by atoms with Gasteiger partial charge in [-0.15, -0.1) is 0 Å². The second-order valence-corrected chi connectivity index (χ2v) is 4.51. The lowest BCUT2D eigenvalue weighted by molar-refractivity contribution is -0.129. The highest BCUT2D eigenvalue weighted by Gasteiger charge is 2.12. The third-order valence-electron chi connectivity index (χ3n) is 2.81. The number of amides is 2. The molecule has 0 fully saturated rings. The molecule has 0 radical (unpaired) electrons. The van der Waals surface area contributed by atoms with Crippen LogP contribution in [0.2, 0.25) is 0 Å². The molecular weight excluding hydrogens is 240 g/mol. The average Bonchev–Trinajstić information content (AvgIpc) is 2.34. The van der Waals surface area contributed by atoms with Gasteiger partial charge >= 0.3 is 0 Å². The highest BCUT2D eigenvalue weighted by Crippen LogP contribution is 2.19. The van der Waals surface area contributed by atoms with Gasteiger partial charge < -0.3 is 10.2 Å². The van der Waals surface area contributed by atoms with Gasteiger partial charge in [0.25, 0.3) is 0 Å². The van der Waals surface area contributed by atoms with Gasteiger partial charge in [-0.1, -0.05) is 24.3 Å². The third kappa shape index (κ3) is 4.25. The van der Waals surface area contributed by atoms with Crippen LogP contribution in [-0.4, -0.2) is 30.3 Å². The zero-order valence-corrected chi connectivity index (χ0v) is 11.9. The van der Waals surface area contributed by atoms with Crippen LogP contribution in [0, 0.1) is 13.8 Å². The number of carbonyl (C=O) groups excluding carboxylic acids is 2. The molecule has 0 aliphatic rings. The molecule has 0 saturated carbocycles. The van der Waals surface area contributed by atoms with Gasteiger partial charge in [0, 0.05) is 12.7 Å². The van der Waals surface area contributed by atoms with E-state index in [0.29, 0.717) is 0 Å². The van der Waals surface area contributed by atoms with Gasteiger partial charge in [0.2, 0.25) is 11.8 Å². The first kappa shape index (κ1) is 15.0. The Morgan fingerprint density at radius 1 is 1.26 bits per heavy atom. The van der Waals surface area contributed by atoms with E-state index in [1.807, 2.05) is 32.0 Å². The average molecular weight is 260 g/mol. The van der Waals surface area contributed by atoms with Crippen molar-refractivity contribution in [3.05, 3.63) is 41.5 Å². The van der Waals surface area contributed by atoms with Gasteiger partial charge in [-0.05, 0) is 38.0 Å². The molecule has 102 valence electrons. The van der Waals surface area contributed by atoms with Crippen LogP contribution in [0.1, 0.15) is 18.1 Å². The zero-order valence-electron chi connectivity index (χ0n) is 11.9. The van der Waals surface area contributed by atoms with Crippen molar-refractivity contribution in [3.63, 3.8) is 0 Å². The van der Waals surface area contributed by atoms with E-state index in [4.69, 9.17) is 0 Å². The van der Waals surface area contributed by atoms with E-state index in [9.17, 15) is 9.59 Å². The van der Waals surface area contributed by atoms with Crippen LogP contribution >= 0.6 is 0 Å². The van der Waals surface area contributed by atoms with Crippen molar-refractivity contribution in [2.45, 2.75) is 20.8 Å². The highest BCUT2D eigenvalue weighted by atomic mass is 16.2. The summed E-state index contributed by atoms with van der Waals surface area (Å²) in [7, 11) is 1.60. The molecule has 1 N–H and O–H groups in total. The number of likely N-dealkylation sites (N-methyl/N-ethyl adjacent to an activating group) is 1. The van der Waals surface area contributed by atoms with E-state index in [2.05, 4.69) is 5.32 Å². The van der Waals surface area contributed by atoms with E-state index >= 15 is 0 Å². The lowest BCUT2D eigenvalue weighted by Gasteiger charge is -2.16. The number of aryl methyl sites for hydroxylation is 2. The van der Waals surface area contributed by atoms with Crippen molar-refractivity contribution in [3.8, 4) is 0 Å². The highest BCUT2D eigenvalue weighted by molar-refractivity contribution is 5.97. The van der Waals surface area contributed by atoms with Gasteiger partial charge in [0.15, 0.2) is 0 Å². The molecule has 0 heterocycles. The van der Waals surface area contributed by atoms with E-state index in [1.165, 1.54) is 11.0 Å². The van der Waals surface area contributed by atoms with Crippen molar-refractivity contribution >= 4 is 17.5 Å². The van der Waals surface area contributed by atoms with Crippen LogP contribution < -0.4 is 5.32 Å². The molecule has 0 bridgehead atoms. The summed E-state index contributed by atoms with van der Waals surface area (Å²) < 4.78 is 0. The molecule has 0 spiro atoms. The minimum atomic E-state index is -0.197. The first-order chi connectivity index (χ1) is 8.95. The van der Waals surface area contributed by atoms with Crippen molar-refractivity contribution in [1.29, 1.82) is 0 Å². The Labute approximate surface area is 114 Å². The van der Waals surface area contributed by atoms with Crippen LogP contribution in [0.25, 0.3) is 0 Å². The predicted molar refractivity (Wildman–Crippen MR) is 77.0 cm³/mol. The summed E-state index contributed by atoms with van der Waals surface area (Å²) in [6.45, 7) is 5.69. The quantitative estimate of drug-likeness (QED) is 0.844. The lowest BCUT2D eigenvalue weighted by atomic mass is 10.1. The molecule has 4 nitrogen and oxygen atoms in total. The number of rotatable bonds is 4. The van der Waals surface area contributed by atoms with Crippen molar-refractivity contribution in [1.82, 2.24) is 4.90 Å². The van der Waals surface area contributed by atoms with E-state index < -0.39 is 0 Å². The number of nitrogens with zero attached hydrogens (tertiary/aromatic N) is 1. The van der Waals surface area contributed by atoms with Crippen LogP contribution in [0.15, 0.2) is 30.4 Å². The lowest BCUT2D eigenvalue weighted by Crippen LogP contribution is -2.34. The Balaban J connectivity index is 2.68. The minimum Gasteiger partial charge on any atom is -0.333 e. The van der Waals surface area contributed by atoms with E-state index in [1.54, 1.807) is 20.0 Å². The minimum absolute atomic E-state index is 0.0386. The van der Waals surface area contributed by atoms with Gasteiger partial charge in [0.1, 0.15) is 0 Å². The normalized spacial score (nSPS) is 10.5. The van der Waals surface area contributed by atoms with Gasteiger partial charge in [-0.25, -0.2) is 0 Å². The molecule has 0 aliphatic heterocycles. The van der Waals surface area contributed by atoms with E-state index in [-0.39, 0.29) is 18.4 Å². The maximum atomic E-state index is 11.9. The van der Waals surface area contributed by atoms with E-state index in [0.717, 1.165) is 16.8 Å². The number of para-hydroxylation sites is 1. The van der Waals surface area contributed by atoms with Crippen LogP contribution in [-0.2, 0) is 9.59 Å². The van der Waals surface area contributed by atoms with Crippen molar-refractivity contribution in [2.24, 2.45) is 0 Å². The number of hydrogen-bond donors (Lipinski definition) is 1. The maximum Gasteiger partial charge on any atom is 0.246 e. The van der Waals surface area contributed by atoms with Gasteiger partial charge in [-0.2, -0.15) is 0 Å². The first-order valence-corrected chi connectivity index (χ1v) is 6.19. The standard InChI is InChI=1S/C15H20N2O2/c1-5-7-14(19)17(4)10-13(18)16-15-11(2)8-6-9-12(15)3/h5-9H,10H2,1-4H3,(H,16,18)/b7-5+. The summed E-state index contributed by atoms with van der Waals surface area (Å²) >= 11 is 0. The molecule has 0 unspecified atom stereocenters. The second-order valence-electron chi connectivity index (χ2n) is 4.51. The monoisotopic (exact) mass is 260 g/mol. The van der Waals surface area contributed by atoms with Crippen molar-refractivity contribution < 1.29 is 9.59 Å². The molecule has 19 heavy (non-hydrogen) atoms.